The highest BCUT2D eigenvalue weighted by molar-refractivity contribution is 7.95. The minimum absolute atomic E-state index is 0.206. The number of fused-ring (bicyclic) bond motifs is 1. The lowest BCUT2D eigenvalue weighted by atomic mass is 10.2. The number of carbonyl (C=O) groups is 1. The van der Waals surface area contributed by atoms with Crippen LogP contribution in [0.4, 0.5) is 11.4 Å². The van der Waals surface area contributed by atoms with Gasteiger partial charge in [-0.15, -0.1) is 0 Å². The van der Waals surface area contributed by atoms with E-state index in [-0.39, 0.29) is 5.92 Å². The molecule has 4 rings (SSSR count). The summed E-state index contributed by atoms with van der Waals surface area (Å²) in [5.74, 6) is 0.663. The van der Waals surface area contributed by atoms with Crippen molar-refractivity contribution >= 4 is 27.3 Å². The molecule has 1 amide bonds. The quantitative estimate of drug-likeness (QED) is 0.803. The molecule has 8 heteroatoms. The Morgan fingerprint density at radius 2 is 1.79 bits per heavy atom. The second-order valence-corrected chi connectivity index (χ2v) is 9.06. The molecule has 1 saturated carbocycles. The molecule has 2 aromatic carbocycles. The van der Waals surface area contributed by atoms with Crippen molar-refractivity contribution in [3.63, 3.8) is 0 Å². The monoisotopic (exact) mass is 402 g/mol. The van der Waals surface area contributed by atoms with Gasteiger partial charge in [0, 0.05) is 18.2 Å². The van der Waals surface area contributed by atoms with Crippen LogP contribution in [0.15, 0.2) is 48.5 Å². The molecule has 0 radical (unpaired) electrons. The Morgan fingerprint density at radius 1 is 1.14 bits per heavy atom. The zero-order chi connectivity index (χ0) is 19.9. The molecule has 148 valence electrons. The van der Waals surface area contributed by atoms with Gasteiger partial charge in [0.25, 0.3) is 0 Å². The SMILES string of the molecule is CCOc1ccc(NC(=O)[C@@]23C[C@@H]2CN(c2ccc(OC)cc2)S3(=O)=O)cc1. The lowest BCUT2D eigenvalue weighted by Crippen LogP contribution is -2.42. The van der Waals surface area contributed by atoms with Gasteiger partial charge >= 0.3 is 0 Å². The Labute approximate surface area is 164 Å². The summed E-state index contributed by atoms with van der Waals surface area (Å²) in [6.07, 6.45) is 0.352. The number of hydrogen-bond donors (Lipinski definition) is 1. The van der Waals surface area contributed by atoms with E-state index in [1.807, 2.05) is 6.92 Å². The fourth-order valence-electron chi connectivity index (χ4n) is 3.76. The molecule has 0 aromatic heterocycles. The van der Waals surface area contributed by atoms with Crippen molar-refractivity contribution in [2.45, 2.75) is 18.1 Å². The molecule has 1 aliphatic carbocycles. The molecular formula is C20H22N2O5S. The van der Waals surface area contributed by atoms with Gasteiger partial charge in [-0.25, -0.2) is 8.42 Å². The Balaban J connectivity index is 1.54. The van der Waals surface area contributed by atoms with Crippen LogP contribution in [0.3, 0.4) is 0 Å². The van der Waals surface area contributed by atoms with Gasteiger partial charge in [0.05, 0.1) is 19.4 Å². The van der Waals surface area contributed by atoms with Gasteiger partial charge in [-0.2, -0.15) is 0 Å². The highest BCUT2D eigenvalue weighted by Gasteiger charge is 2.75. The Morgan fingerprint density at radius 3 is 2.39 bits per heavy atom. The van der Waals surface area contributed by atoms with Crippen LogP contribution in [0.25, 0.3) is 0 Å². The van der Waals surface area contributed by atoms with E-state index >= 15 is 0 Å². The highest BCUT2D eigenvalue weighted by Crippen LogP contribution is 2.58. The standard InChI is InChI=1S/C20H22N2O5S/c1-3-27-18-8-4-15(5-9-18)21-19(23)20-12-14(20)13-22(28(20,24)25)16-6-10-17(26-2)11-7-16/h4-11,14H,3,12-13H2,1-2H3,(H,21,23)/t14-,20-/m1/s1. The number of anilines is 2. The number of rotatable bonds is 6. The fraction of sp³-hybridized carbons (Fsp3) is 0.350. The van der Waals surface area contributed by atoms with Crippen LogP contribution in [0.1, 0.15) is 13.3 Å². The Hall–Kier alpha value is -2.74. The molecule has 2 fully saturated rings. The summed E-state index contributed by atoms with van der Waals surface area (Å²) in [4.78, 5) is 12.9. The number of hydrogen-bond acceptors (Lipinski definition) is 5. The topological polar surface area (TPSA) is 84.9 Å². The van der Waals surface area contributed by atoms with Gasteiger partial charge in [-0.3, -0.25) is 9.10 Å². The van der Waals surface area contributed by atoms with Gasteiger partial charge < -0.3 is 14.8 Å². The molecular weight excluding hydrogens is 380 g/mol. The summed E-state index contributed by atoms with van der Waals surface area (Å²) in [7, 11) is -2.25. The maximum absolute atomic E-state index is 13.2. The molecule has 1 N–H and O–H groups in total. The Kier molecular flexibility index (Phi) is 4.45. The summed E-state index contributed by atoms with van der Waals surface area (Å²) < 4.78 is 36.8. The number of benzene rings is 2. The molecule has 0 bridgehead atoms. The first-order valence-electron chi connectivity index (χ1n) is 9.13. The number of methoxy groups -OCH3 is 1. The average Bonchev–Trinajstić information content (AvgIpc) is 3.39. The van der Waals surface area contributed by atoms with E-state index in [2.05, 4.69) is 5.32 Å². The zero-order valence-corrected chi connectivity index (χ0v) is 16.5. The van der Waals surface area contributed by atoms with Gasteiger partial charge in [0.15, 0.2) is 4.75 Å². The minimum atomic E-state index is -3.81. The van der Waals surface area contributed by atoms with Crippen LogP contribution in [0.2, 0.25) is 0 Å². The first-order valence-corrected chi connectivity index (χ1v) is 10.6. The number of nitrogens with one attached hydrogen (secondary N) is 1. The fourth-order valence-corrected chi connectivity index (χ4v) is 6.12. The highest BCUT2D eigenvalue weighted by atomic mass is 32.2. The van der Waals surface area contributed by atoms with Gasteiger partial charge in [-0.05, 0) is 61.9 Å². The molecule has 28 heavy (non-hydrogen) atoms. The van der Waals surface area contributed by atoms with Crippen molar-refractivity contribution < 1.29 is 22.7 Å². The van der Waals surface area contributed by atoms with Crippen LogP contribution in [0.5, 0.6) is 11.5 Å². The van der Waals surface area contributed by atoms with Crippen LogP contribution in [0, 0.1) is 5.92 Å². The van der Waals surface area contributed by atoms with Crippen LogP contribution in [-0.4, -0.2) is 39.3 Å². The summed E-state index contributed by atoms with van der Waals surface area (Å²) in [5.41, 5.74) is 1.09. The van der Waals surface area contributed by atoms with Crippen molar-refractivity contribution in [2.75, 3.05) is 29.9 Å². The second-order valence-electron chi connectivity index (χ2n) is 6.94. The number of nitrogens with zero attached hydrogens (tertiary/aromatic N) is 1. The minimum Gasteiger partial charge on any atom is -0.497 e. The maximum atomic E-state index is 13.2. The summed E-state index contributed by atoms with van der Waals surface area (Å²) >= 11 is 0. The van der Waals surface area contributed by atoms with Gasteiger partial charge in [-0.1, -0.05) is 0 Å². The van der Waals surface area contributed by atoms with E-state index in [0.717, 1.165) is 0 Å². The van der Waals surface area contributed by atoms with Crippen molar-refractivity contribution in [3.8, 4) is 11.5 Å². The number of sulfonamides is 1. The van der Waals surface area contributed by atoms with Gasteiger partial charge in [0.2, 0.25) is 15.9 Å². The zero-order valence-electron chi connectivity index (χ0n) is 15.7. The van der Waals surface area contributed by atoms with Crippen molar-refractivity contribution in [2.24, 2.45) is 5.92 Å². The molecule has 7 nitrogen and oxygen atoms in total. The molecule has 1 aliphatic heterocycles. The van der Waals surface area contributed by atoms with E-state index in [0.29, 0.717) is 42.4 Å². The summed E-state index contributed by atoms with van der Waals surface area (Å²) in [5, 5.41) is 2.76. The van der Waals surface area contributed by atoms with E-state index in [4.69, 9.17) is 9.47 Å². The molecule has 0 unspecified atom stereocenters. The lowest BCUT2D eigenvalue weighted by molar-refractivity contribution is -0.116. The van der Waals surface area contributed by atoms with Crippen LogP contribution in [-0.2, 0) is 14.8 Å². The summed E-state index contributed by atoms with van der Waals surface area (Å²) in [6.45, 7) is 2.75. The van der Waals surface area contributed by atoms with Crippen molar-refractivity contribution in [1.82, 2.24) is 0 Å². The smallest absolute Gasteiger partial charge is 0.250 e. The Bertz CT molecular complexity index is 988. The third kappa shape index (κ3) is 2.79. The molecule has 1 heterocycles. The van der Waals surface area contributed by atoms with E-state index < -0.39 is 20.7 Å². The predicted molar refractivity (Wildman–Crippen MR) is 106 cm³/mol. The second kappa shape index (κ2) is 6.70. The predicted octanol–water partition coefficient (Wildman–Crippen LogP) is 2.64. The van der Waals surface area contributed by atoms with Crippen molar-refractivity contribution in [1.29, 1.82) is 0 Å². The van der Waals surface area contributed by atoms with E-state index in [1.165, 1.54) is 4.31 Å². The molecule has 2 aromatic rings. The summed E-state index contributed by atoms with van der Waals surface area (Å²) in [6, 6.07) is 13.7. The first-order chi connectivity index (χ1) is 13.4. The largest absolute Gasteiger partial charge is 0.497 e. The molecule has 2 aliphatic rings. The normalized spacial score (nSPS) is 24.4. The molecule has 0 spiro atoms. The maximum Gasteiger partial charge on any atom is 0.250 e. The third-order valence-corrected chi connectivity index (χ3v) is 7.90. The van der Waals surface area contributed by atoms with Gasteiger partial charge in [0.1, 0.15) is 11.5 Å². The molecule has 2 atom stereocenters. The van der Waals surface area contributed by atoms with E-state index in [1.54, 1.807) is 55.6 Å². The lowest BCUT2D eigenvalue weighted by Gasteiger charge is -2.23. The number of carbonyl (C=O) groups excluding carboxylic acids is 1. The van der Waals surface area contributed by atoms with Crippen LogP contribution < -0.4 is 19.1 Å². The average molecular weight is 402 g/mol. The number of ether oxygens (including phenoxy) is 2. The third-order valence-electron chi connectivity index (χ3n) is 5.35. The first kappa shape index (κ1) is 18.6. The number of amides is 1. The van der Waals surface area contributed by atoms with Crippen LogP contribution >= 0.6 is 0 Å². The van der Waals surface area contributed by atoms with E-state index in [9.17, 15) is 13.2 Å². The van der Waals surface area contributed by atoms with Crippen molar-refractivity contribution in [3.05, 3.63) is 48.5 Å². The molecule has 1 saturated heterocycles.